The van der Waals surface area contributed by atoms with Gasteiger partial charge in [-0.15, -0.1) is 0 Å². The number of benzene rings is 1. The fourth-order valence-corrected chi connectivity index (χ4v) is 3.02. The summed E-state index contributed by atoms with van der Waals surface area (Å²) in [4.78, 5) is 12.8. The third-order valence-electron chi connectivity index (χ3n) is 3.91. The first-order valence-electron chi connectivity index (χ1n) is 6.75. The maximum absolute atomic E-state index is 12.5. The summed E-state index contributed by atoms with van der Waals surface area (Å²) in [5.74, 6) is 1.51. The highest BCUT2D eigenvalue weighted by molar-refractivity contribution is 7.80. The van der Waals surface area contributed by atoms with E-state index in [0.717, 1.165) is 0 Å². The number of carbonyl (C=O) groups is 1. The average molecular weight is 308 g/mol. The molecule has 1 aromatic carbocycles. The van der Waals surface area contributed by atoms with Gasteiger partial charge in [0.05, 0.1) is 24.6 Å². The van der Waals surface area contributed by atoms with Crippen LogP contribution in [0.3, 0.4) is 0 Å². The maximum Gasteiger partial charge on any atom is 0.237 e. The van der Waals surface area contributed by atoms with Crippen molar-refractivity contribution in [1.29, 1.82) is 0 Å². The molecule has 0 aromatic heterocycles. The molecule has 0 heterocycles. The van der Waals surface area contributed by atoms with Crippen LogP contribution in [0.4, 0.5) is 5.69 Å². The second-order valence-corrected chi connectivity index (χ2v) is 5.96. The first-order valence-corrected chi connectivity index (χ1v) is 7.16. The summed E-state index contributed by atoms with van der Waals surface area (Å²) >= 11 is 5.09. The van der Waals surface area contributed by atoms with Gasteiger partial charge in [0.2, 0.25) is 5.91 Å². The van der Waals surface area contributed by atoms with Gasteiger partial charge in [0.1, 0.15) is 11.5 Å². The van der Waals surface area contributed by atoms with Gasteiger partial charge in [-0.3, -0.25) is 4.79 Å². The van der Waals surface area contributed by atoms with Crippen molar-refractivity contribution in [2.75, 3.05) is 19.5 Å². The van der Waals surface area contributed by atoms with Gasteiger partial charge in [-0.05, 0) is 18.8 Å². The molecule has 1 amide bonds. The number of nitrogens with two attached hydrogens (primary N) is 1. The predicted molar refractivity (Wildman–Crippen MR) is 85.8 cm³/mol. The number of carbonyl (C=O) groups excluding carboxylic acids is 1. The molecule has 0 radical (unpaired) electrons. The lowest BCUT2D eigenvalue weighted by atomic mass is 9.62. The average Bonchev–Trinajstić information content (AvgIpc) is 2.42. The van der Waals surface area contributed by atoms with Crippen LogP contribution in [0.15, 0.2) is 18.2 Å². The summed E-state index contributed by atoms with van der Waals surface area (Å²) in [5, 5.41) is 2.87. The smallest absolute Gasteiger partial charge is 0.237 e. The highest BCUT2D eigenvalue weighted by atomic mass is 32.1. The number of rotatable bonds is 5. The molecule has 5 nitrogen and oxygen atoms in total. The van der Waals surface area contributed by atoms with Crippen LogP contribution in [0.1, 0.15) is 19.8 Å². The van der Waals surface area contributed by atoms with Crippen LogP contribution >= 0.6 is 12.2 Å². The highest BCUT2D eigenvalue weighted by Gasteiger charge is 2.50. The number of hydrogen-bond donors (Lipinski definition) is 2. The van der Waals surface area contributed by atoms with E-state index in [-0.39, 0.29) is 10.9 Å². The summed E-state index contributed by atoms with van der Waals surface area (Å²) in [5.41, 5.74) is 5.65. The summed E-state index contributed by atoms with van der Waals surface area (Å²) in [6, 6.07) is 5.20. The first-order chi connectivity index (χ1) is 9.91. The summed E-state index contributed by atoms with van der Waals surface area (Å²) in [7, 11) is 3.12. The maximum atomic E-state index is 12.5. The molecule has 0 atom stereocenters. The number of nitrogens with one attached hydrogen (secondary N) is 1. The van der Waals surface area contributed by atoms with Crippen LogP contribution in [0, 0.1) is 11.3 Å². The van der Waals surface area contributed by atoms with Gasteiger partial charge in [0.15, 0.2) is 0 Å². The van der Waals surface area contributed by atoms with E-state index in [4.69, 9.17) is 27.4 Å². The standard InChI is InChI=1S/C15H20N2O3S/c1-9-7-15(8-9,13(16)21)14(18)17-10-4-11(19-2)6-12(5-10)20-3/h4-6,9H,7-8H2,1-3H3,(H2,16,21)(H,17,18). The molecule has 114 valence electrons. The van der Waals surface area contributed by atoms with Crippen LogP contribution in [0.5, 0.6) is 11.5 Å². The molecule has 0 spiro atoms. The van der Waals surface area contributed by atoms with E-state index >= 15 is 0 Å². The second kappa shape index (κ2) is 5.89. The lowest BCUT2D eigenvalue weighted by molar-refractivity contribution is -0.127. The number of methoxy groups -OCH3 is 2. The highest BCUT2D eigenvalue weighted by Crippen LogP contribution is 2.46. The number of hydrogen-bond acceptors (Lipinski definition) is 4. The van der Waals surface area contributed by atoms with Crippen molar-refractivity contribution >= 4 is 28.8 Å². The van der Waals surface area contributed by atoms with E-state index < -0.39 is 5.41 Å². The van der Waals surface area contributed by atoms with E-state index in [2.05, 4.69) is 12.2 Å². The molecular weight excluding hydrogens is 288 g/mol. The topological polar surface area (TPSA) is 73.6 Å². The fraction of sp³-hybridized carbons (Fsp3) is 0.467. The van der Waals surface area contributed by atoms with Gasteiger partial charge >= 0.3 is 0 Å². The van der Waals surface area contributed by atoms with E-state index in [1.807, 2.05) is 0 Å². The van der Waals surface area contributed by atoms with Crippen molar-refractivity contribution in [3.63, 3.8) is 0 Å². The van der Waals surface area contributed by atoms with Crippen molar-refractivity contribution in [2.24, 2.45) is 17.1 Å². The lowest BCUT2D eigenvalue weighted by Gasteiger charge is -2.44. The molecule has 0 unspecified atom stereocenters. The molecule has 1 aliphatic rings. The molecule has 0 aliphatic heterocycles. The van der Waals surface area contributed by atoms with Gasteiger partial charge in [0.25, 0.3) is 0 Å². The Morgan fingerprint density at radius 3 is 2.19 bits per heavy atom. The minimum Gasteiger partial charge on any atom is -0.497 e. The minimum atomic E-state index is -0.731. The van der Waals surface area contributed by atoms with Crippen LogP contribution in [0.2, 0.25) is 0 Å². The largest absolute Gasteiger partial charge is 0.497 e. The van der Waals surface area contributed by atoms with Gasteiger partial charge in [-0.1, -0.05) is 19.1 Å². The first kappa shape index (κ1) is 15.6. The van der Waals surface area contributed by atoms with Crippen molar-refractivity contribution < 1.29 is 14.3 Å². The van der Waals surface area contributed by atoms with Crippen molar-refractivity contribution in [3.8, 4) is 11.5 Å². The normalized spacial score (nSPS) is 23.9. The Bertz CT molecular complexity index is 546. The molecule has 1 aromatic rings. The lowest BCUT2D eigenvalue weighted by Crippen LogP contribution is -2.53. The third kappa shape index (κ3) is 2.95. The molecule has 2 rings (SSSR count). The SMILES string of the molecule is COc1cc(NC(=O)C2(C(N)=S)CC(C)C2)cc(OC)c1. The third-order valence-corrected chi connectivity index (χ3v) is 4.30. The Morgan fingerprint density at radius 2 is 1.81 bits per heavy atom. The van der Waals surface area contributed by atoms with Gasteiger partial charge in [-0.25, -0.2) is 0 Å². The minimum absolute atomic E-state index is 0.164. The molecule has 6 heteroatoms. The van der Waals surface area contributed by atoms with Crippen LogP contribution in [0.25, 0.3) is 0 Å². The summed E-state index contributed by atoms with van der Waals surface area (Å²) in [6.45, 7) is 2.08. The Hall–Kier alpha value is -1.82. The van der Waals surface area contributed by atoms with Crippen LogP contribution in [-0.2, 0) is 4.79 Å². The van der Waals surface area contributed by atoms with Gasteiger partial charge in [0, 0.05) is 23.9 Å². The molecule has 3 N–H and O–H groups in total. The van der Waals surface area contributed by atoms with E-state index in [0.29, 0.717) is 35.9 Å². The van der Waals surface area contributed by atoms with Crippen molar-refractivity contribution in [1.82, 2.24) is 0 Å². The Kier molecular flexibility index (Phi) is 4.37. The number of ether oxygens (including phenoxy) is 2. The number of amides is 1. The predicted octanol–water partition coefficient (Wildman–Crippen LogP) is 2.34. The Balaban J connectivity index is 2.21. The molecule has 0 bridgehead atoms. The summed E-state index contributed by atoms with van der Waals surface area (Å²) in [6.07, 6.45) is 1.38. The molecule has 0 saturated heterocycles. The molecular formula is C15H20N2O3S. The van der Waals surface area contributed by atoms with Crippen molar-refractivity contribution in [3.05, 3.63) is 18.2 Å². The van der Waals surface area contributed by atoms with Gasteiger partial charge in [-0.2, -0.15) is 0 Å². The zero-order valence-corrected chi connectivity index (χ0v) is 13.3. The zero-order chi connectivity index (χ0) is 15.6. The van der Waals surface area contributed by atoms with E-state index in [1.165, 1.54) is 0 Å². The Labute approximate surface area is 129 Å². The number of anilines is 1. The molecule has 1 saturated carbocycles. The monoisotopic (exact) mass is 308 g/mol. The van der Waals surface area contributed by atoms with Crippen LogP contribution in [-0.4, -0.2) is 25.1 Å². The quantitative estimate of drug-likeness (QED) is 0.817. The fourth-order valence-electron chi connectivity index (χ4n) is 2.76. The Morgan fingerprint density at radius 1 is 1.29 bits per heavy atom. The summed E-state index contributed by atoms with van der Waals surface area (Å²) < 4.78 is 10.4. The van der Waals surface area contributed by atoms with E-state index in [1.54, 1.807) is 32.4 Å². The number of thiocarbonyl (C=S) groups is 1. The van der Waals surface area contributed by atoms with Gasteiger partial charge < -0.3 is 20.5 Å². The second-order valence-electron chi connectivity index (χ2n) is 5.52. The zero-order valence-electron chi connectivity index (χ0n) is 12.4. The van der Waals surface area contributed by atoms with E-state index in [9.17, 15) is 4.79 Å². The molecule has 1 fully saturated rings. The molecule has 21 heavy (non-hydrogen) atoms. The van der Waals surface area contributed by atoms with Crippen LogP contribution < -0.4 is 20.5 Å². The van der Waals surface area contributed by atoms with Crippen molar-refractivity contribution in [2.45, 2.75) is 19.8 Å². The molecule has 1 aliphatic carbocycles.